The lowest BCUT2D eigenvalue weighted by Gasteiger charge is -2.39. The van der Waals surface area contributed by atoms with Crippen LogP contribution in [0.2, 0.25) is 0 Å². The molecule has 154 valence electrons. The number of nitrogens with two attached hydrogens (primary N) is 1. The average molecular weight is 396 g/mol. The van der Waals surface area contributed by atoms with Crippen molar-refractivity contribution in [2.75, 3.05) is 6.54 Å². The number of carbonyl (C=O) groups is 1. The third kappa shape index (κ3) is 3.58. The maximum atomic E-state index is 12.1. The Labute approximate surface area is 171 Å². The van der Waals surface area contributed by atoms with Gasteiger partial charge in [0.1, 0.15) is 0 Å². The molecule has 0 bridgehead atoms. The van der Waals surface area contributed by atoms with E-state index < -0.39 is 5.54 Å². The van der Waals surface area contributed by atoms with E-state index in [4.69, 9.17) is 5.73 Å². The van der Waals surface area contributed by atoms with E-state index in [1.807, 2.05) is 24.3 Å². The zero-order valence-corrected chi connectivity index (χ0v) is 17.3. The first-order chi connectivity index (χ1) is 13.9. The molecule has 0 spiro atoms. The second kappa shape index (κ2) is 8.43. The van der Waals surface area contributed by atoms with Crippen LogP contribution in [0.4, 0.5) is 5.69 Å². The Morgan fingerprint density at radius 1 is 1.14 bits per heavy atom. The van der Waals surface area contributed by atoms with Gasteiger partial charge in [-0.3, -0.25) is 14.9 Å². The molecule has 0 radical (unpaired) electrons. The molecule has 2 unspecified atom stereocenters. The Hall–Kier alpha value is -2.57. The molecule has 0 heterocycles. The average Bonchev–Trinajstić information content (AvgIpc) is 2.98. The summed E-state index contributed by atoms with van der Waals surface area (Å²) < 4.78 is 0. The second-order valence-corrected chi connectivity index (χ2v) is 7.79. The number of benzene rings is 2. The molecule has 2 atom stereocenters. The van der Waals surface area contributed by atoms with Crippen molar-refractivity contribution in [3.63, 3.8) is 0 Å². The number of hydrogen-bond acceptors (Lipinski definition) is 5. The van der Waals surface area contributed by atoms with Gasteiger partial charge in [-0.15, -0.1) is 0 Å². The van der Waals surface area contributed by atoms with Crippen LogP contribution in [0.1, 0.15) is 67.9 Å². The lowest BCUT2D eigenvalue weighted by molar-refractivity contribution is -0.384. The minimum atomic E-state index is -0.757. The maximum Gasteiger partial charge on any atom is 0.269 e. The van der Waals surface area contributed by atoms with Gasteiger partial charge in [-0.2, -0.15) is 0 Å². The number of non-ortho nitro benzene ring substituents is 1. The molecule has 6 nitrogen and oxygen atoms in total. The van der Waals surface area contributed by atoms with Crippen LogP contribution < -0.4 is 11.1 Å². The number of ketones is 1. The molecule has 0 aliphatic heterocycles. The zero-order chi connectivity index (χ0) is 21.2. The van der Waals surface area contributed by atoms with Crippen LogP contribution >= 0.6 is 0 Å². The van der Waals surface area contributed by atoms with Crippen molar-refractivity contribution in [1.82, 2.24) is 5.32 Å². The molecule has 6 heteroatoms. The molecule has 3 N–H and O–H groups in total. The third-order valence-corrected chi connectivity index (χ3v) is 5.87. The summed E-state index contributed by atoms with van der Waals surface area (Å²) in [6.45, 7) is 6.48. The molecule has 1 aliphatic rings. The van der Waals surface area contributed by atoms with Crippen LogP contribution in [-0.2, 0) is 5.54 Å². The van der Waals surface area contributed by atoms with Gasteiger partial charge in [0.15, 0.2) is 5.78 Å². The fourth-order valence-corrected chi connectivity index (χ4v) is 4.39. The van der Waals surface area contributed by atoms with Gasteiger partial charge in [0.25, 0.3) is 5.69 Å². The highest BCUT2D eigenvalue weighted by Crippen LogP contribution is 2.50. The normalized spacial score (nSPS) is 18.2. The van der Waals surface area contributed by atoms with Crippen LogP contribution in [-0.4, -0.2) is 23.3 Å². The Balaban J connectivity index is 2.30. The van der Waals surface area contributed by atoms with Crippen LogP contribution in [0.5, 0.6) is 0 Å². The van der Waals surface area contributed by atoms with E-state index in [0.29, 0.717) is 5.56 Å². The SMILES string of the molecule is CCCCNC1(C(N)CCC)c2cc(C(C)=O)ccc2-c2ccc([N+](=O)[O-])cc21. The van der Waals surface area contributed by atoms with Crippen molar-refractivity contribution < 1.29 is 9.72 Å². The maximum absolute atomic E-state index is 12.1. The van der Waals surface area contributed by atoms with Gasteiger partial charge < -0.3 is 11.1 Å². The van der Waals surface area contributed by atoms with Crippen LogP contribution in [0.3, 0.4) is 0 Å². The van der Waals surface area contributed by atoms with Crippen LogP contribution in [0.25, 0.3) is 11.1 Å². The van der Waals surface area contributed by atoms with E-state index in [0.717, 1.165) is 54.5 Å². The molecule has 1 aliphatic carbocycles. The van der Waals surface area contributed by atoms with Crippen molar-refractivity contribution in [1.29, 1.82) is 0 Å². The molecule has 2 aromatic rings. The predicted molar refractivity (Wildman–Crippen MR) is 115 cm³/mol. The number of fused-ring (bicyclic) bond motifs is 3. The standard InChI is InChI=1S/C23H29N3O3/c1-4-6-12-25-23(22(24)7-5-2)20-13-16(15(3)27)8-10-18(20)19-11-9-17(26(28)29)14-21(19)23/h8-11,13-14,22,25H,4-7,12,24H2,1-3H3. The topological polar surface area (TPSA) is 98.3 Å². The van der Waals surface area contributed by atoms with E-state index in [9.17, 15) is 14.9 Å². The van der Waals surface area contributed by atoms with Gasteiger partial charge in [0.05, 0.1) is 10.5 Å². The highest BCUT2D eigenvalue weighted by molar-refractivity contribution is 5.96. The van der Waals surface area contributed by atoms with E-state index in [2.05, 4.69) is 19.2 Å². The number of hydrogen-bond donors (Lipinski definition) is 2. The summed E-state index contributed by atoms with van der Waals surface area (Å²) in [4.78, 5) is 23.2. The van der Waals surface area contributed by atoms with Crippen LogP contribution in [0.15, 0.2) is 36.4 Å². The van der Waals surface area contributed by atoms with Crippen LogP contribution in [0, 0.1) is 10.1 Å². The summed E-state index contributed by atoms with van der Waals surface area (Å²) in [7, 11) is 0. The molecule has 2 aromatic carbocycles. The Morgan fingerprint density at radius 3 is 2.38 bits per heavy atom. The number of nitro groups is 1. The van der Waals surface area contributed by atoms with Crippen molar-refractivity contribution >= 4 is 11.5 Å². The first kappa shape index (κ1) is 21.1. The molecular formula is C23H29N3O3. The Morgan fingerprint density at radius 2 is 1.79 bits per heavy atom. The lowest BCUT2D eigenvalue weighted by atomic mass is 9.78. The molecule has 3 rings (SSSR count). The molecule has 29 heavy (non-hydrogen) atoms. The largest absolute Gasteiger partial charge is 0.326 e. The van der Waals surface area contributed by atoms with E-state index in [-0.39, 0.29) is 22.4 Å². The van der Waals surface area contributed by atoms with Crippen molar-refractivity contribution in [3.05, 3.63) is 63.2 Å². The summed E-state index contributed by atoms with van der Waals surface area (Å²) in [5.41, 5.74) is 10.4. The predicted octanol–water partition coefficient (Wildman–Crippen LogP) is 4.54. The molecule has 0 saturated carbocycles. The van der Waals surface area contributed by atoms with Gasteiger partial charge in [0, 0.05) is 23.7 Å². The van der Waals surface area contributed by atoms with Gasteiger partial charge in [-0.25, -0.2) is 0 Å². The smallest absolute Gasteiger partial charge is 0.269 e. The minimum absolute atomic E-state index is 0.0127. The number of nitrogens with one attached hydrogen (secondary N) is 1. The molecule has 0 amide bonds. The summed E-state index contributed by atoms with van der Waals surface area (Å²) in [6, 6.07) is 10.4. The van der Waals surface area contributed by atoms with E-state index in [1.54, 1.807) is 13.0 Å². The number of unbranched alkanes of at least 4 members (excludes halogenated alkanes) is 1. The van der Waals surface area contributed by atoms with Gasteiger partial charge >= 0.3 is 0 Å². The summed E-state index contributed by atoms with van der Waals surface area (Å²) >= 11 is 0. The number of rotatable bonds is 9. The number of Topliss-reactive ketones (excluding diaryl/α,β-unsaturated/α-hetero) is 1. The highest BCUT2D eigenvalue weighted by atomic mass is 16.6. The zero-order valence-electron chi connectivity index (χ0n) is 17.3. The van der Waals surface area contributed by atoms with Gasteiger partial charge in [-0.1, -0.05) is 38.8 Å². The third-order valence-electron chi connectivity index (χ3n) is 5.87. The monoisotopic (exact) mass is 395 g/mol. The number of nitro benzene ring substituents is 1. The van der Waals surface area contributed by atoms with Gasteiger partial charge in [-0.05, 0) is 60.7 Å². The molecule has 0 saturated heterocycles. The van der Waals surface area contributed by atoms with Gasteiger partial charge in [0.2, 0.25) is 0 Å². The lowest BCUT2D eigenvalue weighted by Crippen LogP contribution is -2.55. The van der Waals surface area contributed by atoms with Crippen molar-refractivity contribution in [2.45, 2.75) is 58.0 Å². The van der Waals surface area contributed by atoms with E-state index in [1.165, 1.54) is 6.07 Å². The summed E-state index contributed by atoms with van der Waals surface area (Å²) in [5.74, 6) is -0.0127. The Bertz CT molecular complexity index is 875. The first-order valence-electron chi connectivity index (χ1n) is 10.3. The first-order valence-corrected chi connectivity index (χ1v) is 10.3. The second-order valence-electron chi connectivity index (χ2n) is 7.79. The number of carbonyl (C=O) groups excluding carboxylic acids is 1. The minimum Gasteiger partial charge on any atom is -0.326 e. The fraction of sp³-hybridized carbons (Fsp3) is 0.435. The molecule has 0 aromatic heterocycles. The molecule has 0 fully saturated rings. The number of nitrogens with zero attached hydrogens (tertiary/aromatic N) is 1. The molecular weight excluding hydrogens is 366 g/mol. The summed E-state index contributed by atoms with van der Waals surface area (Å²) in [5, 5.41) is 15.2. The highest BCUT2D eigenvalue weighted by Gasteiger charge is 2.47. The van der Waals surface area contributed by atoms with Crippen molar-refractivity contribution in [2.24, 2.45) is 5.73 Å². The Kier molecular flexibility index (Phi) is 6.15. The fourth-order valence-electron chi connectivity index (χ4n) is 4.39. The summed E-state index contributed by atoms with van der Waals surface area (Å²) in [6.07, 6.45) is 3.64. The quantitative estimate of drug-likeness (QED) is 0.281. The van der Waals surface area contributed by atoms with E-state index >= 15 is 0 Å². The van der Waals surface area contributed by atoms with Crippen molar-refractivity contribution in [3.8, 4) is 11.1 Å².